The molecular formula is C19H16F3N3O2. The smallest absolute Gasteiger partial charge is 0.422 e. The zero-order valence-electron chi connectivity index (χ0n) is 14.1. The minimum Gasteiger partial charge on any atom is -0.484 e. The molecule has 1 aromatic heterocycles. The van der Waals surface area contributed by atoms with Gasteiger partial charge < -0.3 is 10.1 Å². The lowest BCUT2D eigenvalue weighted by Gasteiger charge is -2.11. The highest BCUT2D eigenvalue weighted by Gasteiger charge is 2.28. The molecule has 0 radical (unpaired) electrons. The Morgan fingerprint density at radius 2 is 1.78 bits per heavy atom. The van der Waals surface area contributed by atoms with Gasteiger partial charge in [-0.3, -0.25) is 9.36 Å². The van der Waals surface area contributed by atoms with Gasteiger partial charge in [-0.25, -0.2) is 4.98 Å². The predicted molar refractivity (Wildman–Crippen MR) is 92.7 cm³/mol. The zero-order chi connectivity index (χ0) is 19.3. The number of halogens is 3. The first-order valence-corrected chi connectivity index (χ1v) is 8.07. The molecule has 0 unspecified atom stereocenters. The van der Waals surface area contributed by atoms with Crippen molar-refractivity contribution in [3.63, 3.8) is 0 Å². The Labute approximate surface area is 153 Å². The third-order valence-electron chi connectivity index (χ3n) is 3.68. The van der Waals surface area contributed by atoms with E-state index in [4.69, 9.17) is 0 Å². The highest BCUT2D eigenvalue weighted by molar-refractivity contribution is 5.92. The number of hydrogen-bond donors (Lipinski definition) is 1. The van der Waals surface area contributed by atoms with Gasteiger partial charge in [0.05, 0.1) is 12.5 Å². The van der Waals surface area contributed by atoms with E-state index in [0.717, 1.165) is 11.3 Å². The molecule has 0 aliphatic carbocycles. The van der Waals surface area contributed by atoms with Gasteiger partial charge in [-0.2, -0.15) is 13.2 Å². The van der Waals surface area contributed by atoms with Crippen LogP contribution in [0.2, 0.25) is 0 Å². The first-order valence-electron chi connectivity index (χ1n) is 8.07. The van der Waals surface area contributed by atoms with Crippen LogP contribution in [0.1, 0.15) is 16.1 Å². The number of carbonyl (C=O) groups is 1. The monoisotopic (exact) mass is 375 g/mol. The van der Waals surface area contributed by atoms with Crippen molar-refractivity contribution in [3.8, 4) is 11.4 Å². The number of hydrogen-bond acceptors (Lipinski definition) is 3. The zero-order valence-corrected chi connectivity index (χ0v) is 14.1. The van der Waals surface area contributed by atoms with Crippen LogP contribution in [-0.4, -0.2) is 28.2 Å². The lowest BCUT2D eigenvalue weighted by Crippen LogP contribution is -2.25. The molecule has 1 heterocycles. The van der Waals surface area contributed by atoms with Gasteiger partial charge in [0.1, 0.15) is 11.4 Å². The average Bonchev–Trinajstić information content (AvgIpc) is 3.15. The van der Waals surface area contributed by atoms with Crippen LogP contribution in [0.25, 0.3) is 5.69 Å². The van der Waals surface area contributed by atoms with Gasteiger partial charge in [0.15, 0.2) is 6.61 Å². The average molecular weight is 375 g/mol. The van der Waals surface area contributed by atoms with Crippen molar-refractivity contribution in [1.82, 2.24) is 14.9 Å². The van der Waals surface area contributed by atoms with E-state index in [1.54, 1.807) is 23.0 Å². The molecule has 0 aliphatic rings. The van der Waals surface area contributed by atoms with Crippen molar-refractivity contribution < 1.29 is 22.7 Å². The summed E-state index contributed by atoms with van der Waals surface area (Å²) in [6.07, 6.45) is -1.36. The number of ether oxygens (including phenoxy) is 1. The van der Waals surface area contributed by atoms with Crippen molar-refractivity contribution in [2.24, 2.45) is 0 Å². The summed E-state index contributed by atoms with van der Waals surface area (Å²) in [5.74, 6) is -0.196. The van der Waals surface area contributed by atoms with Gasteiger partial charge in [0.25, 0.3) is 5.91 Å². The summed E-state index contributed by atoms with van der Waals surface area (Å²) >= 11 is 0. The number of para-hydroxylation sites is 1. The summed E-state index contributed by atoms with van der Waals surface area (Å²) < 4.78 is 42.7. The van der Waals surface area contributed by atoms with Crippen molar-refractivity contribution in [2.75, 3.05) is 6.61 Å². The van der Waals surface area contributed by atoms with Crippen LogP contribution in [0.15, 0.2) is 67.1 Å². The maximum Gasteiger partial charge on any atom is 0.422 e. The number of aromatic nitrogens is 2. The molecular weight excluding hydrogens is 359 g/mol. The number of imidazole rings is 1. The normalized spacial score (nSPS) is 11.2. The fraction of sp³-hybridized carbons (Fsp3) is 0.158. The van der Waals surface area contributed by atoms with E-state index in [9.17, 15) is 18.0 Å². The van der Waals surface area contributed by atoms with Gasteiger partial charge in [0, 0.05) is 12.2 Å². The highest BCUT2D eigenvalue weighted by atomic mass is 19.4. The molecule has 0 spiro atoms. The fourth-order valence-corrected chi connectivity index (χ4v) is 2.40. The van der Waals surface area contributed by atoms with Crippen LogP contribution in [0, 0.1) is 0 Å². The molecule has 0 fully saturated rings. The summed E-state index contributed by atoms with van der Waals surface area (Å²) in [4.78, 5) is 16.5. The van der Waals surface area contributed by atoms with Crippen LogP contribution >= 0.6 is 0 Å². The first-order chi connectivity index (χ1) is 12.9. The molecule has 0 bridgehead atoms. The summed E-state index contributed by atoms with van der Waals surface area (Å²) in [6, 6.07) is 15.4. The van der Waals surface area contributed by atoms with E-state index in [1.807, 2.05) is 30.3 Å². The Bertz CT molecular complexity index is 891. The molecule has 8 heteroatoms. The van der Waals surface area contributed by atoms with Crippen molar-refractivity contribution >= 4 is 5.91 Å². The molecule has 0 aliphatic heterocycles. The molecule has 3 rings (SSSR count). The molecule has 1 N–H and O–H groups in total. The van der Waals surface area contributed by atoms with E-state index >= 15 is 0 Å². The Morgan fingerprint density at radius 1 is 1.07 bits per heavy atom. The molecule has 3 aromatic rings. The first kappa shape index (κ1) is 18.5. The molecule has 0 saturated carbocycles. The van der Waals surface area contributed by atoms with Crippen LogP contribution in [0.5, 0.6) is 5.75 Å². The van der Waals surface area contributed by atoms with E-state index in [2.05, 4.69) is 15.0 Å². The third-order valence-corrected chi connectivity index (χ3v) is 3.68. The molecule has 0 saturated heterocycles. The van der Waals surface area contributed by atoms with Crippen LogP contribution < -0.4 is 10.1 Å². The minimum atomic E-state index is -4.38. The maximum atomic E-state index is 12.4. The van der Waals surface area contributed by atoms with E-state index in [-0.39, 0.29) is 18.2 Å². The number of amides is 1. The lowest BCUT2D eigenvalue weighted by molar-refractivity contribution is -0.153. The second-order valence-electron chi connectivity index (χ2n) is 5.71. The van der Waals surface area contributed by atoms with E-state index < -0.39 is 12.8 Å². The third kappa shape index (κ3) is 5.10. The number of nitrogens with zero attached hydrogens (tertiary/aromatic N) is 2. The predicted octanol–water partition coefficient (Wildman–Crippen LogP) is 3.74. The van der Waals surface area contributed by atoms with Gasteiger partial charge >= 0.3 is 6.18 Å². The Kier molecular flexibility index (Phi) is 5.44. The standard InChI is InChI=1S/C19H16F3N3O2/c20-19(21,22)12-27-16-8-6-14(7-9-16)10-24-18(26)17-11-23-13-25(17)15-4-2-1-3-5-15/h1-9,11,13H,10,12H2,(H,24,26). The number of alkyl halides is 3. The summed E-state index contributed by atoms with van der Waals surface area (Å²) in [5, 5.41) is 2.77. The summed E-state index contributed by atoms with van der Waals surface area (Å²) in [5.41, 5.74) is 1.92. The fourth-order valence-electron chi connectivity index (χ4n) is 2.40. The Balaban J connectivity index is 1.59. The van der Waals surface area contributed by atoms with Crippen molar-refractivity contribution in [1.29, 1.82) is 0 Å². The van der Waals surface area contributed by atoms with Gasteiger partial charge in [0.2, 0.25) is 0 Å². The van der Waals surface area contributed by atoms with Gasteiger partial charge in [-0.15, -0.1) is 0 Å². The maximum absolute atomic E-state index is 12.4. The molecule has 2 aromatic carbocycles. The summed E-state index contributed by atoms with van der Waals surface area (Å²) in [6.45, 7) is -1.12. The minimum absolute atomic E-state index is 0.115. The number of nitrogens with one attached hydrogen (secondary N) is 1. The Hall–Kier alpha value is -3.29. The molecule has 27 heavy (non-hydrogen) atoms. The second kappa shape index (κ2) is 7.94. The van der Waals surface area contributed by atoms with Crippen LogP contribution in [0.3, 0.4) is 0 Å². The van der Waals surface area contributed by atoms with Crippen molar-refractivity contribution in [3.05, 3.63) is 78.4 Å². The second-order valence-corrected chi connectivity index (χ2v) is 5.71. The largest absolute Gasteiger partial charge is 0.484 e. The SMILES string of the molecule is O=C(NCc1ccc(OCC(F)(F)F)cc1)c1cncn1-c1ccccc1. The highest BCUT2D eigenvalue weighted by Crippen LogP contribution is 2.19. The van der Waals surface area contributed by atoms with Gasteiger partial charge in [-0.1, -0.05) is 30.3 Å². The number of carbonyl (C=O) groups excluding carboxylic acids is 1. The number of rotatable bonds is 6. The van der Waals surface area contributed by atoms with Crippen LogP contribution in [0.4, 0.5) is 13.2 Å². The molecule has 5 nitrogen and oxygen atoms in total. The van der Waals surface area contributed by atoms with E-state index in [1.165, 1.54) is 18.3 Å². The summed E-state index contributed by atoms with van der Waals surface area (Å²) in [7, 11) is 0. The molecule has 1 amide bonds. The Morgan fingerprint density at radius 3 is 2.44 bits per heavy atom. The topological polar surface area (TPSA) is 56.1 Å². The number of benzene rings is 2. The molecule has 140 valence electrons. The van der Waals surface area contributed by atoms with Crippen molar-refractivity contribution in [2.45, 2.75) is 12.7 Å². The van der Waals surface area contributed by atoms with E-state index in [0.29, 0.717) is 5.69 Å². The molecule has 0 atom stereocenters. The van der Waals surface area contributed by atoms with Gasteiger partial charge in [-0.05, 0) is 29.8 Å². The quantitative estimate of drug-likeness (QED) is 0.714. The van der Waals surface area contributed by atoms with Crippen LogP contribution in [-0.2, 0) is 6.54 Å². The lowest BCUT2D eigenvalue weighted by atomic mass is 10.2.